The lowest BCUT2D eigenvalue weighted by Crippen LogP contribution is -2.38. The molecule has 2 atom stereocenters. The van der Waals surface area contributed by atoms with Crippen molar-refractivity contribution >= 4 is 17.7 Å². The fourth-order valence-corrected chi connectivity index (χ4v) is 4.13. The topological polar surface area (TPSA) is 49.3 Å². The van der Waals surface area contributed by atoms with Crippen LogP contribution in [0, 0.1) is 5.92 Å². The van der Waals surface area contributed by atoms with Crippen molar-refractivity contribution in [3.63, 3.8) is 0 Å². The second-order valence-corrected chi connectivity index (χ2v) is 6.80. The third kappa shape index (κ3) is 4.01. The highest BCUT2D eigenvalue weighted by atomic mass is 32.2. The Kier molecular flexibility index (Phi) is 6.12. The number of amides is 1. The average Bonchev–Trinajstić information content (AvgIpc) is 2.53. The van der Waals surface area contributed by atoms with Crippen molar-refractivity contribution in [2.75, 3.05) is 12.3 Å². The van der Waals surface area contributed by atoms with E-state index in [9.17, 15) is 9.90 Å². The third-order valence-corrected chi connectivity index (χ3v) is 5.55. The molecule has 3 nitrogen and oxygen atoms in total. The molecule has 1 amide bonds. The molecule has 0 radical (unpaired) electrons. The van der Waals surface area contributed by atoms with Gasteiger partial charge in [0.1, 0.15) is 5.25 Å². The van der Waals surface area contributed by atoms with E-state index < -0.39 is 6.10 Å². The van der Waals surface area contributed by atoms with Crippen molar-refractivity contribution in [1.29, 1.82) is 0 Å². The second kappa shape index (κ2) is 7.85. The van der Waals surface area contributed by atoms with Crippen LogP contribution in [-0.4, -0.2) is 29.4 Å². The van der Waals surface area contributed by atoms with Crippen molar-refractivity contribution in [2.24, 2.45) is 5.92 Å². The number of fused-ring (bicyclic) bond motifs is 1. The monoisotopic (exact) mass is 307 g/mol. The zero-order valence-electron chi connectivity index (χ0n) is 12.8. The molecule has 21 heavy (non-hydrogen) atoms. The summed E-state index contributed by atoms with van der Waals surface area (Å²) in [5.74, 6) is 1.26. The zero-order valence-corrected chi connectivity index (χ0v) is 13.7. The van der Waals surface area contributed by atoms with Gasteiger partial charge < -0.3 is 10.4 Å². The minimum absolute atomic E-state index is 0.0251. The highest BCUT2D eigenvalue weighted by Gasteiger charge is 2.27. The molecule has 1 aromatic rings. The molecule has 0 saturated heterocycles. The maximum Gasteiger partial charge on any atom is 0.237 e. The summed E-state index contributed by atoms with van der Waals surface area (Å²) >= 11 is 1.69. The summed E-state index contributed by atoms with van der Waals surface area (Å²) in [6.45, 7) is 4.50. The van der Waals surface area contributed by atoms with Gasteiger partial charge in [-0.1, -0.05) is 51.0 Å². The number of aliphatic hydroxyl groups is 1. The number of nitrogens with one attached hydrogen (secondary N) is 1. The first-order valence-corrected chi connectivity index (χ1v) is 8.87. The molecule has 1 heterocycles. The standard InChI is InChI=1S/C17H25NO2S/c1-3-12(4-2)15(19)11-18-17(20)16-14-8-6-5-7-13(14)9-10-21-16/h5-8,12,15-16,19H,3-4,9-11H2,1-2H3,(H,18,20). The summed E-state index contributed by atoms with van der Waals surface area (Å²) in [5, 5.41) is 12.9. The third-order valence-electron chi connectivity index (χ3n) is 4.31. The predicted octanol–water partition coefficient (Wildman–Crippen LogP) is 2.93. The molecule has 0 fully saturated rings. The Balaban J connectivity index is 1.96. The zero-order chi connectivity index (χ0) is 15.2. The van der Waals surface area contributed by atoms with Crippen molar-refractivity contribution in [3.8, 4) is 0 Å². The first-order chi connectivity index (χ1) is 10.2. The summed E-state index contributed by atoms with van der Waals surface area (Å²) in [5.41, 5.74) is 2.40. The molecule has 1 aliphatic rings. The van der Waals surface area contributed by atoms with Crippen LogP contribution in [0.3, 0.4) is 0 Å². The van der Waals surface area contributed by atoms with Gasteiger partial charge in [0.05, 0.1) is 6.10 Å². The molecule has 0 aliphatic carbocycles. The first-order valence-electron chi connectivity index (χ1n) is 7.82. The normalized spacial score (nSPS) is 19.1. The molecule has 0 bridgehead atoms. The Labute approximate surface area is 131 Å². The van der Waals surface area contributed by atoms with Gasteiger partial charge in [-0.15, -0.1) is 11.8 Å². The van der Waals surface area contributed by atoms with Crippen LogP contribution >= 0.6 is 11.8 Å². The molecule has 1 aliphatic heterocycles. The Morgan fingerprint density at radius 1 is 1.38 bits per heavy atom. The molecule has 116 valence electrons. The summed E-state index contributed by atoms with van der Waals surface area (Å²) in [6, 6.07) is 8.17. The molecule has 1 aromatic carbocycles. The van der Waals surface area contributed by atoms with Gasteiger partial charge in [0.25, 0.3) is 0 Å². The van der Waals surface area contributed by atoms with Crippen LogP contribution in [0.25, 0.3) is 0 Å². The first kappa shape index (κ1) is 16.4. The van der Waals surface area contributed by atoms with Gasteiger partial charge in [-0.25, -0.2) is 0 Å². The number of aryl methyl sites for hydroxylation is 1. The number of carbonyl (C=O) groups is 1. The molecule has 4 heteroatoms. The van der Waals surface area contributed by atoms with Gasteiger partial charge in [0, 0.05) is 6.54 Å². The number of hydrogen-bond donors (Lipinski definition) is 2. The fraction of sp³-hybridized carbons (Fsp3) is 0.588. The lowest BCUT2D eigenvalue weighted by molar-refractivity contribution is -0.121. The Morgan fingerprint density at radius 3 is 2.81 bits per heavy atom. The maximum atomic E-state index is 12.4. The fourth-order valence-electron chi connectivity index (χ4n) is 2.91. The summed E-state index contributed by atoms with van der Waals surface area (Å²) in [7, 11) is 0. The van der Waals surface area contributed by atoms with Crippen molar-refractivity contribution in [3.05, 3.63) is 35.4 Å². The summed E-state index contributed by atoms with van der Waals surface area (Å²) in [6.07, 6.45) is 2.46. The highest BCUT2D eigenvalue weighted by Crippen LogP contribution is 2.36. The average molecular weight is 307 g/mol. The van der Waals surface area contributed by atoms with Gasteiger partial charge in [0.15, 0.2) is 0 Å². The highest BCUT2D eigenvalue weighted by molar-refractivity contribution is 8.00. The lowest BCUT2D eigenvalue weighted by atomic mass is 9.96. The largest absolute Gasteiger partial charge is 0.391 e. The smallest absolute Gasteiger partial charge is 0.237 e. The van der Waals surface area contributed by atoms with Gasteiger partial charge in [0.2, 0.25) is 5.91 Å². The minimum Gasteiger partial charge on any atom is -0.391 e. The second-order valence-electron chi connectivity index (χ2n) is 5.59. The summed E-state index contributed by atoms with van der Waals surface area (Å²) in [4.78, 5) is 12.4. The predicted molar refractivity (Wildman–Crippen MR) is 88.4 cm³/mol. The van der Waals surface area contributed by atoms with Crippen molar-refractivity contribution < 1.29 is 9.90 Å². The number of aliphatic hydroxyl groups excluding tert-OH is 1. The Morgan fingerprint density at radius 2 is 2.10 bits per heavy atom. The maximum absolute atomic E-state index is 12.4. The number of carbonyl (C=O) groups excluding carboxylic acids is 1. The van der Waals surface area contributed by atoms with E-state index in [4.69, 9.17) is 0 Å². The molecule has 2 unspecified atom stereocenters. The quantitative estimate of drug-likeness (QED) is 0.849. The summed E-state index contributed by atoms with van der Waals surface area (Å²) < 4.78 is 0. The molecule has 2 rings (SSSR count). The van der Waals surface area contributed by atoms with Crippen LogP contribution in [0.4, 0.5) is 0 Å². The van der Waals surface area contributed by atoms with Crippen molar-refractivity contribution in [1.82, 2.24) is 5.32 Å². The van der Waals surface area contributed by atoms with Crippen LogP contribution in [0.1, 0.15) is 43.1 Å². The van der Waals surface area contributed by atoms with Crippen LogP contribution in [0.15, 0.2) is 24.3 Å². The molecule has 0 spiro atoms. The van der Waals surface area contributed by atoms with E-state index in [0.29, 0.717) is 6.54 Å². The van der Waals surface area contributed by atoms with E-state index in [1.54, 1.807) is 11.8 Å². The van der Waals surface area contributed by atoms with Crippen LogP contribution < -0.4 is 5.32 Å². The Hall–Kier alpha value is -1.00. The van der Waals surface area contributed by atoms with E-state index in [-0.39, 0.29) is 17.1 Å². The minimum atomic E-state index is -0.451. The number of hydrogen-bond acceptors (Lipinski definition) is 3. The van der Waals surface area contributed by atoms with Crippen LogP contribution in [-0.2, 0) is 11.2 Å². The van der Waals surface area contributed by atoms with Crippen LogP contribution in [0.5, 0.6) is 0 Å². The van der Waals surface area contributed by atoms with Gasteiger partial charge in [-0.05, 0) is 29.2 Å². The van der Waals surface area contributed by atoms with Gasteiger partial charge in [-0.2, -0.15) is 0 Å². The Bertz CT molecular complexity index is 474. The molecule has 2 N–H and O–H groups in total. The number of thioether (sulfide) groups is 1. The molecule has 0 saturated carbocycles. The van der Waals surface area contributed by atoms with Gasteiger partial charge in [-0.3, -0.25) is 4.79 Å². The van der Waals surface area contributed by atoms with E-state index in [2.05, 4.69) is 25.2 Å². The number of benzene rings is 1. The molecule has 0 aromatic heterocycles. The van der Waals surface area contributed by atoms with E-state index in [1.807, 2.05) is 18.2 Å². The van der Waals surface area contributed by atoms with Crippen LogP contribution in [0.2, 0.25) is 0 Å². The van der Waals surface area contributed by atoms with Crippen molar-refractivity contribution in [2.45, 2.75) is 44.5 Å². The molecular formula is C17H25NO2S. The molecular weight excluding hydrogens is 282 g/mol. The van der Waals surface area contributed by atoms with E-state index in [1.165, 1.54) is 5.56 Å². The van der Waals surface area contributed by atoms with E-state index >= 15 is 0 Å². The lowest BCUT2D eigenvalue weighted by Gasteiger charge is -2.26. The van der Waals surface area contributed by atoms with Gasteiger partial charge >= 0.3 is 0 Å². The van der Waals surface area contributed by atoms with E-state index in [0.717, 1.165) is 30.6 Å². The number of rotatable bonds is 6. The SMILES string of the molecule is CCC(CC)C(O)CNC(=O)C1SCCc2ccccc21.